The molecule has 0 N–H and O–H groups in total. The van der Waals surface area contributed by atoms with Crippen molar-refractivity contribution in [1.82, 2.24) is 29.4 Å². The molecule has 3 fully saturated rings. The highest BCUT2D eigenvalue weighted by atomic mass is 16.6. The second-order valence-electron chi connectivity index (χ2n) is 15.2. The molecule has 2 saturated carbocycles. The monoisotopic (exact) mass is 686 g/mol. The molecule has 1 aliphatic heterocycles. The summed E-state index contributed by atoms with van der Waals surface area (Å²) in [5.41, 5.74) is 3.83. The standard InChI is InChI=1S/C38H42N10O3/c1-21-19-47(37(50)51-38(3,4)5)22(2)18-46(21)34-28-15-26(17-40)30(27-14-23(16-39)8-13-29(27)45(6)7)43-35(28)48(36(49)44-34)33-31(24-9-10-24)41-20-42-32(33)25-11-12-25/h8,13-15,20-22,24-25H,9-12,18-19H2,1-7H3/t21-,22+/m0/s1. The normalized spacial score (nSPS) is 19.1. The van der Waals surface area contributed by atoms with Crippen molar-refractivity contribution in [3.63, 3.8) is 0 Å². The summed E-state index contributed by atoms with van der Waals surface area (Å²) < 4.78 is 7.26. The predicted octanol–water partition coefficient (Wildman–Crippen LogP) is 5.64. The lowest BCUT2D eigenvalue weighted by atomic mass is 10.00. The lowest BCUT2D eigenvalue weighted by molar-refractivity contribution is 0.0130. The van der Waals surface area contributed by atoms with Gasteiger partial charge in [0.15, 0.2) is 5.65 Å². The number of carbonyl (C=O) groups excluding carboxylic acids is 1. The SMILES string of the molecule is C[C@@H]1CN(c2nc(=O)n(-c3c(C4CC4)ncnc3C3CC3)c3nc(-c4cc(C#N)ccc4N(C)C)c(C#N)cc23)[C@@H](C)CN1C(=O)OC(C)(C)C. The van der Waals surface area contributed by atoms with Crippen LogP contribution in [0.1, 0.15) is 94.7 Å². The number of hydrogen-bond donors (Lipinski definition) is 0. The van der Waals surface area contributed by atoms with E-state index in [1.807, 2.05) is 64.6 Å². The van der Waals surface area contributed by atoms with Crippen LogP contribution >= 0.6 is 0 Å². The van der Waals surface area contributed by atoms with Crippen LogP contribution in [0.3, 0.4) is 0 Å². The van der Waals surface area contributed by atoms with E-state index in [1.165, 1.54) is 0 Å². The van der Waals surface area contributed by atoms with E-state index in [4.69, 9.17) is 24.7 Å². The Morgan fingerprint density at radius 3 is 2.18 bits per heavy atom. The van der Waals surface area contributed by atoms with Crippen molar-refractivity contribution < 1.29 is 9.53 Å². The summed E-state index contributed by atoms with van der Waals surface area (Å²) in [6, 6.07) is 11.1. The minimum atomic E-state index is -0.643. The topological polar surface area (TPSA) is 157 Å². The lowest BCUT2D eigenvalue weighted by Crippen LogP contribution is -2.59. The molecule has 2 aliphatic carbocycles. The van der Waals surface area contributed by atoms with Crippen LogP contribution in [-0.2, 0) is 4.74 Å². The average molecular weight is 687 g/mol. The Balaban J connectivity index is 1.49. The molecule has 13 nitrogen and oxygen atoms in total. The van der Waals surface area contributed by atoms with Gasteiger partial charge in [0.1, 0.15) is 23.8 Å². The van der Waals surface area contributed by atoms with Crippen LogP contribution in [0.2, 0.25) is 0 Å². The van der Waals surface area contributed by atoms with Gasteiger partial charge in [0.05, 0.1) is 45.4 Å². The number of nitrogens with zero attached hydrogens (tertiary/aromatic N) is 10. The molecule has 1 amide bonds. The summed E-state index contributed by atoms with van der Waals surface area (Å²) in [7, 11) is 3.78. The fourth-order valence-corrected chi connectivity index (χ4v) is 6.97. The number of rotatable bonds is 6. The Labute approximate surface area is 297 Å². The van der Waals surface area contributed by atoms with Gasteiger partial charge in [-0.1, -0.05) is 0 Å². The number of aromatic nitrogens is 5. The maximum Gasteiger partial charge on any atom is 0.410 e. The minimum Gasteiger partial charge on any atom is -0.444 e. The summed E-state index contributed by atoms with van der Waals surface area (Å²) in [4.78, 5) is 52.8. The van der Waals surface area contributed by atoms with Gasteiger partial charge in [-0.15, -0.1) is 0 Å². The first kappa shape index (κ1) is 33.9. The molecule has 0 radical (unpaired) electrons. The molecule has 0 unspecified atom stereocenters. The van der Waals surface area contributed by atoms with Crippen molar-refractivity contribution in [3.05, 3.63) is 63.6 Å². The van der Waals surface area contributed by atoms with Crippen molar-refractivity contribution >= 4 is 28.6 Å². The molecule has 4 heterocycles. The molecule has 3 aliphatic rings. The highest BCUT2D eigenvalue weighted by Gasteiger charge is 2.39. The first-order valence-electron chi connectivity index (χ1n) is 17.5. The number of pyridine rings is 1. The van der Waals surface area contributed by atoms with Crippen molar-refractivity contribution in [2.24, 2.45) is 0 Å². The zero-order valence-corrected chi connectivity index (χ0v) is 30.1. The molecular weight excluding hydrogens is 644 g/mol. The molecule has 1 saturated heterocycles. The second-order valence-corrected chi connectivity index (χ2v) is 15.2. The Bertz CT molecular complexity index is 2170. The Kier molecular flexibility index (Phi) is 8.41. The molecule has 262 valence electrons. The minimum absolute atomic E-state index is 0.203. The average Bonchev–Trinajstić information content (AvgIpc) is 4.01. The van der Waals surface area contributed by atoms with Gasteiger partial charge in [-0.3, -0.25) is 0 Å². The number of anilines is 2. The maximum atomic E-state index is 14.6. The van der Waals surface area contributed by atoms with E-state index in [1.54, 1.807) is 34.0 Å². The number of carbonyl (C=O) groups is 1. The van der Waals surface area contributed by atoms with Crippen LogP contribution in [0.25, 0.3) is 28.0 Å². The van der Waals surface area contributed by atoms with Gasteiger partial charge in [0, 0.05) is 62.4 Å². The van der Waals surface area contributed by atoms with E-state index in [0.29, 0.717) is 52.4 Å². The van der Waals surface area contributed by atoms with E-state index < -0.39 is 17.4 Å². The summed E-state index contributed by atoms with van der Waals surface area (Å²) in [5.74, 6) is 0.797. The van der Waals surface area contributed by atoms with E-state index in [9.17, 15) is 20.1 Å². The summed E-state index contributed by atoms with van der Waals surface area (Å²) in [5, 5.41) is 21.0. The number of piperazine rings is 1. The summed E-state index contributed by atoms with van der Waals surface area (Å²) in [6.07, 6.45) is 5.06. The number of hydrogen-bond acceptors (Lipinski definition) is 11. The van der Waals surface area contributed by atoms with E-state index in [2.05, 4.69) is 12.1 Å². The van der Waals surface area contributed by atoms with E-state index in [0.717, 1.165) is 42.8 Å². The smallest absolute Gasteiger partial charge is 0.410 e. The molecule has 0 spiro atoms. The molecule has 13 heteroatoms. The second kappa shape index (κ2) is 12.6. The predicted molar refractivity (Wildman–Crippen MR) is 193 cm³/mol. The van der Waals surface area contributed by atoms with Gasteiger partial charge in [-0.25, -0.2) is 29.1 Å². The van der Waals surface area contributed by atoms with Gasteiger partial charge >= 0.3 is 11.8 Å². The molecule has 2 atom stereocenters. The number of amides is 1. The maximum absolute atomic E-state index is 14.6. The van der Waals surface area contributed by atoms with Crippen LogP contribution < -0.4 is 15.5 Å². The third-order valence-electron chi connectivity index (χ3n) is 9.75. The molecule has 4 aromatic rings. The molecular formula is C38H42N10O3. The number of fused-ring (bicyclic) bond motifs is 1. The zero-order chi connectivity index (χ0) is 36.4. The van der Waals surface area contributed by atoms with Crippen LogP contribution in [0.5, 0.6) is 0 Å². The Morgan fingerprint density at radius 1 is 0.941 bits per heavy atom. The van der Waals surface area contributed by atoms with Gasteiger partial charge < -0.3 is 19.4 Å². The van der Waals surface area contributed by atoms with Crippen LogP contribution in [0.4, 0.5) is 16.3 Å². The third-order valence-corrected chi connectivity index (χ3v) is 9.75. The van der Waals surface area contributed by atoms with Gasteiger partial charge in [-0.05, 0) is 84.6 Å². The third kappa shape index (κ3) is 6.33. The van der Waals surface area contributed by atoms with E-state index >= 15 is 0 Å². The van der Waals surface area contributed by atoms with Crippen molar-refractivity contribution in [2.45, 2.75) is 89.8 Å². The summed E-state index contributed by atoms with van der Waals surface area (Å²) in [6.45, 7) is 10.2. The number of ether oxygens (including phenoxy) is 1. The van der Waals surface area contributed by atoms with Crippen molar-refractivity contribution in [3.8, 4) is 29.1 Å². The van der Waals surface area contributed by atoms with Crippen LogP contribution in [0, 0.1) is 22.7 Å². The number of nitriles is 2. The van der Waals surface area contributed by atoms with Crippen LogP contribution in [-0.4, -0.2) is 80.4 Å². The highest BCUT2D eigenvalue weighted by Crippen LogP contribution is 2.48. The van der Waals surface area contributed by atoms with Gasteiger partial charge in [0.2, 0.25) is 0 Å². The molecule has 1 aromatic carbocycles. The number of benzene rings is 1. The molecule has 0 bridgehead atoms. The van der Waals surface area contributed by atoms with E-state index in [-0.39, 0.29) is 29.5 Å². The Hall–Kier alpha value is -5.56. The Morgan fingerprint density at radius 2 is 1.61 bits per heavy atom. The first-order valence-corrected chi connectivity index (χ1v) is 17.5. The van der Waals surface area contributed by atoms with Gasteiger partial charge in [0.25, 0.3) is 0 Å². The molecule has 7 rings (SSSR count). The highest BCUT2D eigenvalue weighted by molar-refractivity contribution is 5.94. The fourth-order valence-electron chi connectivity index (χ4n) is 6.97. The van der Waals surface area contributed by atoms with Crippen molar-refractivity contribution in [1.29, 1.82) is 10.5 Å². The summed E-state index contributed by atoms with van der Waals surface area (Å²) >= 11 is 0. The van der Waals surface area contributed by atoms with Crippen LogP contribution in [0.15, 0.2) is 35.4 Å². The molecule has 3 aromatic heterocycles. The van der Waals surface area contributed by atoms with Crippen molar-refractivity contribution in [2.75, 3.05) is 37.0 Å². The molecule has 51 heavy (non-hydrogen) atoms. The zero-order valence-electron chi connectivity index (χ0n) is 30.1. The largest absolute Gasteiger partial charge is 0.444 e. The van der Waals surface area contributed by atoms with Gasteiger partial charge in [-0.2, -0.15) is 15.5 Å². The quantitative estimate of drug-likeness (QED) is 0.247. The first-order chi connectivity index (χ1) is 24.3. The fraction of sp³-hybridized carbons (Fsp3) is 0.474. The lowest BCUT2D eigenvalue weighted by Gasteiger charge is -2.44.